The molecular formula is C23H13F5N6O2. The summed E-state index contributed by atoms with van der Waals surface area (Å²) in [5.41, 5.74) is 0.430. The molecule has 0 atom stereocenters. The Hall–Kier alpha value is -4.68. The molecule has 0 bridgehead atoms. The van der Waals surface area contributed by atoms with Crippen molar-refractivity contribution in [3.05, 3.63) is 90.5 Å². The van der Waals surface area contributed by atoms with Crippen molar-refractivity contribution in [2.24, 2.45) is 0 Å². The lowest BCUT2D eigenvalue weighted by atomic mass is 10.2. The van der Waals surface area contributed by atoms with Crippen LogP contribution < -0.4 is 9.47 Å². The van der Waals surface area contributed by atoms with E-state index < -0.39 is 29.3 Å². The van der Waals surface area contributed by atoms with Crippen LogP contribution in [0.3, 0.4) is 0 Å². The zero-order chi connectivity index (χ0) is 25.3. The number of benzene rings is 1. The van der Waals surface area contributed by atoms with Gasteiger partial charge in [-0.3, -0.25) is 4.40 Å². The molecular weight excluding hydrogens is 487 g/mol. The van der Waals surface area contributed by atoms with E-state index in [4.69, 9.17) is 9.47 Å². The summed E-state index contributed by atoms with van der Waals surface area (Å²) in [6.45, 7) is -0.223. The van der Waals surface area contributed by atoms with E-state index in [1.54, 1.807) is 35.3 Å². The van der Waals surface area contributed by atoms with Crippen molar-refractivity contribution < 1.29 is 31.4 Å². The maximum atomic E-state index is 14.5. The molecule has 0 saturated carbocycles. The monoisotopic (exact) mass is 500 g/mol. The molecule has 0 aliphatic carbocycles. The minimum atomic E-state index is -4.65. The second-order valence-electron chi connectivity index (χ2n) is 7.36. The predicted molar refractivity (Wildman–Crippen MR) is 114 cm³/mol. The van der Waals surface area contributed by atoms with Crippen molar-refractivity contribution in [3.63, 3.8) is 0 Å². The van der Waals surface area contributed by atoms with Crippen LogP contribution in [0.1, 0.15) is 11.3 Å². The molecule has 0 fully saturated rings. The highest BCUT2D eigenvalue weighted by atomic mass is 19.4. The van der Waals surface area contributed by atoms with Crippen molar-refractivity contribution in [2.75, 3.05) is 0 Å². The fourth-order valence-corrected chi connectivity index (χ4v) is 3.26. The maximum Gasteiger partial charge on any atom is 0.433 e. The molecule has 5 aromatic rings. The minimum absolute atomic E-state index is 0.134. The van der Waals surface area contributed by atoms with Gasteiger partial charge in [0.25, 0.3) is 0 Å². The number of ether oxygens (including phenoxy) is 2. The number of hydrogen-bond acceptors (Lipinski definition) is 7. The van der Waals surface area contributed by atoms with Gasteiger partial charge in [0.2, 0.25) is 11.7 Å². The Bertz CT molecular complexity index is 1500. The zero-order valence-corrected chi connectivity index (χ0v) is 17.9. The van der Waals surface area contributed by atoms with Crippen LogP contribution in [-0.4, -0.2) is 29.3 Å². The molecule has 0 aliphatic heterocycles. The average molecular weight is 500 g/mol. The molecule has 4 aromatic heterocycles. The zero-order valence-electron chi connectivity index (χ0n) is 17.9. The van der Waals surface area contributed by atoms with E-state index in [-0.39, 0.29) is 23.8 Å². The van der Waals surface area contributed by atoms with Gasteiger partial charge in [0.1, 0.15) is 24.4 Å². The molecule has 8 nitrogen and oxygen atoms in total. The maximum absolute atomic E-state index is 14.5. The van der Waals surface area contributed by atoms with Crippen LogP contribution in [-0.2, 0) is 12.8 Å². The third-order valence-corrected chi connectivity index (χ3v) is 4.90. The van der Waals surface area contributed by atoms with Crippen LogP contribution in [0.25, 0.3) is 17.0 Å². The molecule has 0 aliphatic rings. The summed E-state index contributed by atoms with van der Waals surface area (Å²) in [7, 11) is 0. The number of rotatable bonds is 6. The van der Waals surface area contributed by atoms with E-state index in [9.17, 15) is 22.0 Å². The molecule has 13 heteroatoms. The molecule has 0 amide bonds. The van der Waals surface area contributed by atoms with Gasteiger partial charge in [-0.25, -0.2) is 28.7 Å². The molecule has 0 radical (unpaired) electrons. The Labute approximate surface area is 199 Å². The number of imidazole rings is 1. The molecule has 0 spiro atoms. The number of fused-ring (bicyclic) bond motifs is 1. The van der Waals surface area contributed by atoms with Gasteiger partial charge in [-0.05, 0) is 29.8 Å². The first-order valence-corrected chi connectivity index (χ1v) is 10.2. The Kier molecular flexibility index (Phi) is 5.88. The first-order chi connectivity index (χ1) is 17.3. The van der Waals surface area contributed by atoms with E-state index >= 15 is 0 Å². The molecule has 5 rings (SSSR count). The van der Waals surface area contributed by atoms with E-state index in [2.05, 4.69) is 24.9 Å². The van der Waals surface area contributed by atoms with Gasteiger partial charge < -0.3 is 9.47 Å². The normalized spacial score (nSPS) is 11.6. The fraction of sp³-hybridized carbons (Fsp3) is 0.0870. The van der Waals surface area contributed by atoms with Gasteiger partial charge in [-0.1, -0.05) is 0 Å². The third kappa shape index (κ3) is 4.76. The number of aromatic nitrogens is 6. The van der Waals surface area contributed by atoms with Gasteiger partial charge in [0, 0.05) is 30.2 Å². The predicted octanol–water partition coefficient (Wildman–Crippen LogP) is 5.25. The fourth-order valence-electron chi connectivity index (χ4n) is 3.26. The topological polar surface area (TPSA) is 87.3 Å². The SMILES string of the molecule is Fc1cc(COc2ccn3c(-c4cncnc4)cnc3n2)cc(F)c1Oc1ccc(C(F)(F)F)nc1. The second kappa shape index (κ2) is 9.17. The smallest absolute Gasteiger partial charge is 0.433 e. The molecule has 36 heavy (non-hydrogen) atoms. The van der Waals surface area contributed by atoms with Crippen LogP contribution >= 0.6 is 0 Å². The third-order valence-electron chi connectivity index (χ3n) is 4.90. The van der Waals surface area contributed by atoms with Crippen molar-refractivity contribution >= 4 is 5.78 Å². The Balaban J connectivity index is 1.29. The van der Waals surface area contributed by atoms with Crippen LogP contribution in [0.2, 0.25) is 0 Å². The minimum Gasteiger partial charge on any atom is -0.473 e. The van der Waals surface area contributed by atoms with Gasteiger partial charge in [0.15, 0.2) is 17.4 Å². The van der Waals surface area contributed by atoms with Gasteiger partial charge in [-0.15, -0.1) is 0 Å². The summed E-state index contributed by atoms with van der Waals surface area (Å²) in [5.74, 6) is -2.68. The van der Waals surface area contributed by atoms with E-state index in [1.165, 1.54) is 6.33 Å². The summed E-state index contributed by atoms with van der Waals surface area (Å²) in [4.78, 5) is 19.6. The van der Waals surface area contributed by atoms with Crippen molar-refractivity contribution in [1.82, 2.24) is 29.3 Å². The van der Waals surface area contributed by atoms with Gasteiger partial charge in [-0.2, -0.15) is 18.2 Å². The summed E-state index contributed by atoms with van der Waals surface area (Å²) in [5, 5.41) is 0. The number of pyridine rings is 1. The standard InChI is InChI=1S/C23H13F5N6O2/c24-16-5-13(6-17(25)21(16)36-15-1-2-19(31-9-15)23(26,27)28)11-35-20-3-4-34-18(10-32-22(34)33-20)14-7-29-12-30-8-14/h1-10,12H,11H2. The molecule has 182 valence electrons. The average Bonchev–Trinajstić information content (AvgIpc) is 3.28. The molecule has 1 aromatic carbocycles. The van der Waals surface area contributed by atoms with Gasteiger partial charge >= 0.3 is 6.18 Å². The Morgan fingerprint density at radius 1 is 0.889 bits per heavy atom. The van der Waals surface area contributed by atoms with E-state index in [0.29, 0.717) is 17.5 Å². The van der Waals surface area contributed by atoms with Crippen LogP contribution in [0.5, 0.6) is 17.4 Å². The number of hydrogen-bond donors (Lipinski definition) is 0. The Morgan fingerprint density at radius 3 is 2.31 bits per heavy atom. The largest absolute Gasteiger partial charge is 0.473 e. The quantitative estimate of drug-likeness (QED) is 0.294. The molecule has 0 saturated heterocycles. The summed E-state index contributed by atoms with van der Waals surface area (Å²) < 4.78 is 79.2. The number of halogens is 5. The lowest BCUT2D eigenvalue weighted by molar-refractivity contribution is -0.141. The summed E-state index contributed by atoms with van der Waals surface area (Å²) >= 11 is 0. The highest BCUT2D eigenvalue weighted by molar-refractivity contribution is 5.60. The molecule has 0 N–H and O–H groups in total. The first kappa shape index (κ1) is 23.1. The van der Waals surface area contributed by atoms with Crippen molar-refractivity contribution in [1.29, 1.82) is 0 Å². The lowest BCUT2D eigenvalue weighted by Gasteiger charge is -2.11. The van der Waals surface area contributed by atoms with Crippen LogP contribution in [0.15, 0.2) is 67.6 Å². The van der Waals surface area contributed by atoms with Gasteiger partial charge in [0.05, 0.1) is 18.1 Å². The van der Waals surface area contributed by atoms with Crippen LogP contribution in [0, 0.1) is 11.6 Å². The van der Waals surface area contributed by atoms with Crippen molar-refractivity contribution in [2.45, 2.75) is 12.8 Å². The highest BCUT2D eigenvalue weighted by Crippen LogP contribution is 2.32. The molecule has 4 heterocycles. The summed E-state index contributed by atoms with van der Waals surface area (Å²) in [6, 6.07) is 5.09. The van der Waals surface area contributed by atoms with E-state index in [0.717, 1.165) is 30.0 Å². The molecule has 0 unspecified atom stereocenters. The Morgan fingerprint density at radius 2 is 1.64 bits per heavy atom. The highest BCUT2D eigenvalue weighted by Gasteiger charge is 2.32. The lowest BCUT2D eigenvalue weighted by Crippen LogP contribution is -2.07. The second-order valence-corrected chi connectivity index (χ2v) is 7.36. The first-order valence-electron chi connectivity index (χ1n) is 10.2. The number of nitrogens with zero attached hydrogens (tertiary/aromatic N) is 6. The van der Waals surface area contributed by atoms with E-state index in [1.807, 2.05) is 0 Å². The summed E-state index contributed by atoms with van der Waals surface area (Å²) in [6.07, 6.45) is 4.02. The van der Waals surface area contributed by atoms with Crippen LogP contribution in [0.4, 0.5) is 22.0 Å². The van der Waals surface area contributed by atoms with Crippen molar-refractivity contribution in [3.8, 4) is 28.6 Å². The number of alkyl halides is 3.